The van der Waals surface area contributed by atoms with Crippen LogP contribution in [0.4, 0.5) is 0 Å². The van der Waals surface area contributed by atoms with Crippen LogP contribution in [0.2, 0.25) is 0 Å². The highest BCUT2D eigenvalue weighted by molar-refractivity contribution is 5.94. The van der Waals surface area contributed by atoms with Gasteiger partial charge in [-0.15, -0.1) is 0 Å². The second kappa shape index (κ2) is 12.5. The molecule has 0 aromatic heterocycles. The Bertz CT molecular complexity index is 899. The molecule has 1 aromatic rings. The summed E-state index contributed by atoms with van der Waals surface area (Å²) in [6.07, 6.45) is 0.802. The average molecular weight is 479 g/mol. The highest BCUT2D eigenvalue weighted by Gasteiger charge is 2.30. The average Bonchev–Trinajstić information content (AvgIpc) is 3.32. The lowest BCUT2D eigenvalue weighted by Crippen LogP contribution is -2.56. The monoisotopic (exact) mass is 478 g/mol. The van der Waals surface area contributed by atoms with Crippen LogP contribution >= 0.6 is 0 Å². The predicted molar refractivity (Wildman–Crippen MR) is 119 cm³/mol. The topological polar surface area (TPSA) is 194 Å². The molecule has 1 heterocycles. The molecule has 1 saturated heterocycles. The summed E-state index contributed by atoms with van der Waals surface area (Å²) in [6.45, 7) is 2.01. The Hall–Kier alpha value is -3.67. The van der Waals surface area contributed by atoms with E-state index in [9.17, 15) is 34.2 Å². The van der Waals surface area contributed by atoms with E-state index in [2.05, 4.69) is 21.3 Å². The van der Waals surface area contributed by atoms with Crippen molar-refractivity contribution < 1.29 is 39.3 Å². The lowest BCUT2D eigenvalue weighted by Gasteiger charge is -2.23. The number of hydrogen-bond acceptors (Lipinski definition) is 7. The minimum Gasteiger partial charge on any atom is -0.508 e. The molecule has 12 nitrogen and oxygen atoms in total. The fourth-order valence-corrected chi connectivity index (χ4v) is 3.46. The van der Waals surface area contributed by atoms with E-state index in [0.717, 1.165) is 6.42 Å². The number of aromatic hydroxyl groups is 1. The first kappa shape index (κ1) is 26.6. The number of carboxylic acids is 2. The van der Waals surface area contributed by atoms with Gasteiger partial charge in [-0.25, -0.2) is 4.79 Å². The first-order chi connectivity index (χ1) is 16.1. The number of benzene rings is 1. The van der Waals surface area contributed by atoms with Gasteiger partial charge in [0.1, 0.15) is 23.9 Å². The number of phenols is 1. The zero-order valence-electron chi connectivity index (χ0n) is 18.7. The summed E-state index contributed by atoms with van der Waals surface area (Å²) in [5, 5.41) is 38.0. The molecule has 12 heteroatoms. The highest BCUT2D eigenvalue weighted by atomic mass is 16.4. The van der Waals surface area contributed by atoms with Gasteiger partial charge in [-0.1, -0.05) is 12.1 Å². The SMILES string of the molecule is CC(NC(=O)C(CCC(=O)O)NC(=O)C1CCCN1)C(=O)NC(Cc1ccc(O)cc1)C(=O)O. The summed E-state index contributed by atoms with van der Waals surface area (Å²) in [7, 11) is 0. The van der Waals surface area contributed by atoms with Gasteiger partial charge in [0.25, 0.3) is 0 Å². The van der Waals surface area contributed by atoms with E-state index in [1.54, 1.807) is 0 Å². The highest BCUT2D eigenvalue weighted by Crippen LogP contribution is 2.12. The number of carbonyl (C=O) groups excluding carboxylic acids is 3. The van der Waals surface area contributed by atoms with Crippen molar-refractivity contribution in [2.45, 2.75) is 63.2 Å². The van der Waals surface area contributed by atoms with Gasteiger partial charge >= 0.3 is 11.9 Å². The lowest BCUT2D eigenvalue weighted by molar-refractivity contribution is -0.142. The molecule has 4 unspecified atom stereocenters. The van der Waals surface area contributed by atoms with Gasteiger partial charge in [-0.2, -0.15) is 0 Å². The third-order valence-electron chi connectivity index (χ3n) is 5.40. The number of nitrogens with one attached hydrogen (secondary N) is 4. The number of carboxylic acid groups (broad SMARTS) is 2. The summed E-state index contributed by atoms with van der Waals surface area (Å²) in [6, 6.07) is 1.76. The minimum absolute atomic E-state index is 0.0178. The van der Waals surface area contributed by atoms with E-state index < -0.39 is 53.8 Å². The van der Waals surface area contributed by atoms with Crippen molar-refractivity contribution in [1.82, 2.24) is 21.3 Å². The van der Waals surface area contributed by atoms with Gasteiger partial charge in [0.2, 0.25) is 17.7 Å². The molecule has 0 radical (unpaired) electrons. The van der Waals surface area contributed by atoms with E-state index in [4.69, 9.17) is 5.11 Å². The van der Waals surface area contributed by atoms with Crippen molar-refractivity contribution in [3.63, 3.8) is 0 Å². The van der Waals surface area contributed by atoms with Crippen LogP contribution in [0, 0.1) is 0 Å². The number of amides is 3. The standard InChI is InChI=1S/C22H30N4O8/c1-12(19(30)26-17(22(33)34)11-13-4-6-14(27)7-5-13)24-21(32)16(8-9-18(28)29)25-20(31)15-3-2-10-23-15/h4-7,12,15-17,23,27H,2-3,8-11H2,1H3,(H,24,32)(H,25,31)(H,26,30)(H,28,29)(H,33,34). The first-order valence-corrected chi connectivity index (χ1v) is 10.9. The van der Waals surface area contributed by atoms with Crippen molar-refractivity contribution in [1.29, 1.82) is 0 Å². The molecule has 3 amide bonds. The Morgan fingerprint density at radius 3 is 2.24 bits per heavy atom. The number of aliphatic carboxylic acids is 2. The lowest BCUT2D eigenvalue weighted by atomic mass is 10.1. The first-order valence-electron chi connectivity index (χ1n) is 10.9. The van der Waals surface area contributed by atoms with Crippen LogP contribution in [0.5, 0.6) is 5.75 Å². The zero-order chi connectivity index (χ0) is 25.3. The number of carbonyl (C=O) groups is 5. The van der Waals surface area contributed by atoms with E-state index in [1.165, 1.54) is 31.2 Å². The number of hydrogen-bond donors (Lipinski definition) is 7. The molecular formula is C22H30N4O8. The van der Waals surface area contributed by atoms with E-state index >= 15 is 0 Å². The normalized spacial score (nSPS) is 17.7. The van der Waals surface area contributed by atoms with Crippen molar-refractivity contribution >= 4 is 29.7 Å². The smallest absolute Gasteiger partial charge is 0.326 e. The molecule has 7 N–H and O–H groups in total. The van der Waals surface area contributed by atoms with E-state index in [-0.39, 0.29) is 25.0 Å². The van der Waals surface area contributed by atoms with E-state index in [0.29, 0.717) is 18.5 Å². The molecule has 34 heavy (non-hydrogen) atoms. The van der Waals surface area contributed by atoms with Gasteiger partial charge in [0.05, 0.1) is 6.04 Å². The van der Waals surface area contributed by atoms with Crippen LogP contribution in [0.1, 0.15) is 38.2 Å². The van der Waals surface area contributed by atoms with Gasteiger partial charge in [0.15, 0.2) is 0 Å². The Labute approximate surface area is 196 Å². The molecule has 0 spiro atoms. The van der Waals surface area contributed by atoms with Crippen molar-refractivity contribution in [3.05, 3.63) is 29.8 Å². The van der Waals surface area contributed by atoms with Crippen molar-refractivity contribution in [2.75, 3.05) is 6.54 Å². The minimum atomic E-state index is -1.28. The van der Waals surface area contributed by atoms with Crippen molar-refractivity contribution in [3.8, 4) is 5.75 Å². The summed E-state index contributed by atoms with van der Waals surface area (Å²) < 4.78 is 0. The van der Waals surface area contributed by atoms with Crippen LogP contribution in [0.15, 0.2) is 24.3 Å². The van der Waals surface area contributed by atoms with E-state index in [1.807, 2.05) is 0 Å². The molecule has 0 saturated carbocycles. The third kappa shape index (κ3) is 8.35. The fourth-order valence-electron chi connectivity index (χ4n) is 3.46. The summed E-state index contributed by atoms with van der Waals surface area (Å²) in [5.41, 5.74) is 0.569. The molecule has 0 aliphatic carbocycles. The molecule has 2 rings (SSSR count). The zero-order valence-corrected chi connectivity index (χ0v) is 18.7. The van der Waals surface area contributed by atoms with Crippen LogP contribution in [0.3, 0.4) is 0 Å². The van der Waals surface area contributed by atoms with Crippen LogP contribution in [-0.4, -0.2) is 75.7 Å². The second-order valence-electron chi connectivity index (χ2n) is 8.14. The third-order valence-corrected chi connectivity index (χ3v) is 5.40. The quantitative estimate of drug-likeness (QED) is 0.199. The molecule has 4 atom stereocenters. The maximum atomic E-state index is 12.7. The van der Waals surface area contributed by atoms with Gasteiger partial charge < -0.3 is 36.6 Å². The van der Waals surface area contributed by atoms with Crippen LogP contribution < -0.4 is 21.3 Å². The summed E-state index contributed by atoms with van der Waals surface area (Å²) >= 11 is 0. The molecule has 186 valence electrons. The second-order valence-corrected chi connectivity index (χ2v) is 8.14. The Morgan fingerprint density at radius 1 is 1.00 bits per heavy atom. The van der Waals surface area contributed by atoms with Crippen LogP contribution in [0.25, 0.3) is 0 Å². The summed E-state index contributed by atoms with van der Waals surface area (Å²) in [4.78, 5) is 60.2. The maximum absolute atomic E-state index is 12.7. The molecule has 1 aliphatic rings. The Kier molecular flexibility index (Phi) is 9.80. The molecule has 1 aliphatic heterocycles. The fraction of sp³-hybridized carbons (Fsp3) is 0.500. The summed E-state index contributed by atoms with van der Waals surface area (Å²) in [5.74, 6) is -4.35. The Morgan fingerprint density at radius 2 is 1.68 bits per heavy atom. The van der Waals surface area contributed by atoms with Gasteiger partial charge in [0, 0.05) is 12.8 Å². The number of rotatable bonds is 12. The molecular weight excluding hydrogens is 448 g/mol. The molecule has 0 bridgehead atoms. The largest absolute Gasteiger partial charge is 0.508 e. The van der Waals surface area contributed by atoms with Crippen molar-refractivity contribution in [2.24, 2.45) is 0 Å². The molecule has 1 fully saturated rings. The predicted octanol–water partition coefficient (Wildman–Crippen LogP) is -0.890. The molecule has 1 aromatic carbocycles. The number of phenolic OH excluding ortho intramolecular Hbond substituents is 1. The van der Waals surface area contributed by atoms with Gasteiger partial charge in [-0.05, 0) is 50.4 Å². The van der Waals surface area contributed by atoms with Crippen LogP contribution in [-0.2, 0) is 30.4 Å². The van der Waals surface area contributed by atoms with Gasteiger partial charge in [-0.3, -0.25) is 19.2 Å². The maximum Gasteiger partial charge on any atom is 0.326 e. The Balaban J connectivity index is 1.98.